The van der Waals surface area contributed by atoms with E-state index in [4.69, 9.17) is 5.73 Å². The molecule has 3 unspecified atom stereocenters. The van der Waals surface area contributed by atoms with E-state index in [-0.39, 0.29) is 11.8 Å². The fourth-order valence-corrected chi connectivity index (χ4v) is 5.64. The van der Waals surface area contributed by atoms with Gasteiger partial charge in [-0.3, -0.25) is 15.0 Å². The zero-order valence-corrected chi connectivity index (χ0v) is 20.5. The number of nitrogens with two attached hydrogens (primary N) is 1. The molecule has 35 heavy (non-hydrogen) atoms. The summed E-state index contributed by atoms with van der Waals surface area (Å²) in [6, 6.07) is 18.5. The van der Waals surface area contributed by atoms with E-state index in [1.807, 2.05) is 30.5 Å². The molecule has 0 radical (unpaired) electrons. The van der Waals surface area contributed by atoms with E-state index in [0.29, 0.717) is 24.4 Å². The van der Waals surface area contributed by atoms with Gasteiger partial charge in [0.2, 0.25) is 5.91 Å². The van der Waals surface area contributed by atoms with Crippen LogP contribution in [0.4, 0.5) is 0 Å². The predicted molar refractivity (Wildman–Crippen MR) is 137 cm³/mol. The molecule has 2 aromatic carbocycles. The summed E-state index contributed by atoms with van der Waals surface area (Å²) < 4.78 is 0. The Bertz CT molecular complexity index is 1180. The summed E-state index contributed by atoms with van der Waals surface area (Å²) in [5, 5.41) is 6.13. The Kier molecular flexibility index (Phi) is 6.38. The summed E-state index contributed by atoms with van der Waals surface area (Å²) in [4.78, 5) is 29.6. The van der Waals surface area contributed by atoms with Gasteiger partial charge in [-0.1, -0.05) is 48.5 Å². The van der Waals surface area contributed by atoms with Crippen molar-refractivity contribution in [2.45, 2.75) is 75.5 Å². The number of hydrogen-bond acceptors (Lipinski definition) is 4. The van der Waals surface area contributed by atoms with Crippen LogP contribution in [0.2, 0.25) is 0 Å². The van der Waals surface area contributed by atoms with Crippen molar-refractivity contribution < 1.29 is 9.59 Å². The first kappa shape index (κ1) is 23.6. The zero-order valence-electron chi connectivity index (χ0n) is 20.5. The van der Waals surface area contributed by atoms with Gasteiger partial charge in [-0.15, -0.1) is 0 Å². The molecule has 7 heteroatoms. The molecule has 2 fully saturated rings. The number of hydrazine groups is 1. The Morgan fingerprint density at radius 1 is 1.06 bits per heavy atom. The standard InChI is InChI=1S/C28H35N5O2/c1-28(2,29)27(35)31-25(16-20-17-30-24-11-7-6-10-23(20)24)26(34)32-33-21-12-13-22(33)15-19(14-21)18-8-4-3-5-9-18/h3-11,17,19,21-22,25,30H,12-16,29H2,1-2H3,(H,31,35)(H,32,34). The fraction of sp³-hybridized carbons (Fsp3) is 0.429. The van der Waals surface area contributed by atoms with Crippen LogP contribution < -0.4 is 16.5 Å². The number of hydrogen-bond donors (Lipinski definition) is 4. The van der Waals surface area contributed by atoms with Crippen molar-refractivity contribution in [2.24, 2.45) is 5.73 Å². The van der Waals surface area contributed by atoms with Gasteiger partial charge >= 0.3 is 0 Å². The maximum Gasteiger partial charge on any atom is 0.257 e. The number of benzene rings is 2. The van der Waals surface area contributed by atoms with Gasteiger partial charge in [0.1, 0.15) is 6.04 Å². The molecule has 2 saturated heterocycles. The molecule has 0 saturated carbocycles. The molecule has 1 aromatic heterocycles. The number of nitrogens with zero attached hydrogens (tertiary/aromatic N) is 1. The van der Waals surface area contributed by atoms with Gasteiger partial charge in [0, 0.05) is 35.6 Å². The highest BCUT2D eigenvalue weighted by atomic mass is 16.2. The predicted octanol–water partition coefficient (Wildman–Crippen LogP) is 3.37. The summed E-state index contributed by atoms with van der Waals surface area (Å²) in [6.07, 6.45) is 6.49. The summed E-state index contributed by atoms with van der Waals surface area (Å²) in [7, 11) is 0. The largest absolute Gasteiger partial charge is 0.361 e. The van der Waals surface area contributed by atoms with Crippen LogP contribution in [0.3, 0.4) is 0 Å². The van der Waals surface area contributed by atoms with Crippen molar-refractivity contribution in [3.05, 3.63) is 71.9 Å². The molecule has 3 atom stereocenters. The third kappa shape index (κ3) is 4.97. The Morgan fingerprint density at radius 3 is 2.40 bits per heavy atom. The molecule has 3 heterocycles. The molecule has 0 spiro atoms. The molecule has 5 N–H and O–H groups in total. The van der Waals surface area contributed by atoms with Crippen LogP contribution in [0.15, 0.2) is 60.8 Å². The number of amides is 2. The Labute approximate surface area is 206 Å². The number of piperidine rings is 1. The highest BCUT2D eigenvalue weighted by molar-refractivity contribution is 5.92. The van der Waals surface area contributed by atoms with E-state index < -0.39 is 11.6 Å². The first-order valence-electron chi connectivity index (χ1n) is 12.6. The number of nitrogens with one attached hydrogen (secondary N) is 3. The molecular weight excluding hydrogens is 438 g/mol. The molecule has 0 aliphatic carbocycles. The lowest BCUT2D eigenvalue weighted by Crippen LogP contribution is -2.60. The number of para-hydroxylation sites is 1. The molecule has 2 amide bonds. The van der Waals surface area contributed by atoms with Crippen LogP contribution in [0, 0.1) is 0 Å². The molecule has 2 aliphatic heterocycles. The minimum atomic E-state index is -1.08. The lowest BCUT2D eigenvalue weighted by Gasteiger charge is -2.39. The van der Waals surface area contributed by atoms with Crippen molar-refractivity contribution in [1.29, 1.82) is 0 Å². The smallest absolute Gasteiger partial charge is 0.257 e. The molecule has 184 valence electrons. The zero-order chi connectivity index (χ0) is 24.6. The van der Waals surface area contributed by atoms with E-state index in [9.17, 15) is 9.59 Å². The molecule has 5 rings (SSSR count). The molecule has 7 nitrogen and oxygen atoms in total. The second-order valence-electron chi connectivity index (χ2n) is 10.7. The van der Waals surface area contributed by atoms with Crippen LogP contribution in [0.1, 0.15) is 56.6 Å². The highest BCUT2D eigenvalue weighted by Gasteiger charge is 2.43. The monoisotopic (exact) mass is 473 g/mol. The van der Waals surface area contributed by atoms with E-state index >= 15 is 0 Å². The number of carbonyl (C=O) groups is 2. The van der Waals surface area contributed by atoms with Gasteiger partial charge in [-0.05, 0) is 62.6 Å². The Balaban J connectivity index is 1.32. The van der Waals surface area contributed by atoms with E-state index in [1.165, 1.54) is 5.56 Å². The Morgan fingerprint density at radius 2 is 1.71 bits per heavy atom. The highest BCUT2D eigenvalue weighted by Crippen LogP contribution is 2.42. The number of fused-ring (bicyclic) bond motifs is 3. The third-order valence-electron chi connectivity index (χ3n) is 7.55. The maximum atomic E-state index is 13.6. The summed E-state index contributed by atoms with van der Waals surface area (Å²) in [5.41, 5.74) is 11.5. The second-order valence-corrected chi connectivity index (χ2v) is 10.7. The van der Waals surface area contributed by atoms with E-state index in [2.05, 4.69) is 51.1 Å². The second kappa shape index (κ2) is 9.47. The lowest BCUT2D eigenvalue weighted by molar-refractivity contribution is -0.135. The van der Waals surface area contributed by atoms with Crippen molar-refractivity contribution in [3.63, 3.8) is 0 Å². The number of aromatic amines is 1. The lowest BCUT2D eigenvalue weighted by atomic mass is 9.86. The summed E-state index contributed by atoms with van der Waals surface area (Å²) in [5.74, 6) is -0.0206. The van der Waals surface area contributed by atoms with Crippen LogP contribution in [-0.2, 0) is 16.0 Å². The summed E-state index contributed by atoms with van der Waals surface area (Å²) >= 11 is 0. The minimum Gasteiger partial charge on any atom is -0.361 e. The number of rotatable bonds is 7. The summed E-state index contributed by atoms with van der Waals surface area (Å²) in [6.45, 7) is 3.30. The number of aromatic nitrogens is 1. The van der Waals surface area contributed by atoms with Crippen molar-refractivity contribution in [3.8, 4) is 0 Å². The Hall–Kier alpha value is -3.16. The van der Waals surface area contributed by atoms with Crippen molar-refractivity contribution in [2.75, 3.05) is 0 Å². The van der Waals surface area contributed by atoms with E-state index in [0.717, 1.165) is 42.1 Å². The van der Waals surface area contributed by atoms with Gasteiger partial charge < -0.3 is 16.0 Å². The van der Waals surface area contributed by atoms with E-state index in [1.54, 1.807) is 13.8 Å². The van der Waals surface area contributed by atoms with Crippen molar-refractivity contribution in [1.82, 2.24) is 20.7 Å². The maximum absolute atomic E-state index is 13.6. The minimum absolute atomic E-state index is 0.192. The molecule has 2 bridgehead atoms. The molecular formula is C28H35N5O2. The average molecular weight is 474 g/mol. The first-order valence-corrected chi connectivity index (χ1v) is 12.6. The SMILES string of the molecule is CC(C)(N)C(=O)NC(Cc1c[nH]c2ccccc12)C(=O)NN1C2CCC1CC(c1ccccc1)C2. The van der Waals surface area contributed by atoms with Crippen molar-refractivity contribution >= 4 is 22.7 Å². The van der Waals surface area contributed by atoms with Gasteiger partial charge in [-0.2, -0.15) is 0 Å². The number of H-pyrrole nitrogens is 1. The van der Waals surface area contributed by atoms with Gasteiger partial charge in [0.25, 0.3) is 5.91 Å². The molecule has 3 aromatic rings. The normalized spacial score (nSPS) is 23.2. The van der Waals surface area contributed by atoms with Gasteiger partial charge in [-0.25, -0.2) is 5.01 Å². The van der Waals surface area contributed by atoms with Crippen LogP contribution in [-0.4, -0.2) is 45.5 Å². The van der Waals surface area contributed by atoms with Crippen LogP contribution >= 0.6 is 0 Å². The van der Waals surface area contributed by atoms with Gasteiger partial charge in [0.05, 0.1) is 5.54 Å². The van der Waals surface area contributed by atoms with Crippen LogP contribution in [0.25, 0.3) is 10.9 Å². The van der Waals surface area contributed by atoms with Gasteiger partial charge in [0.15, 0.2) is 0 Å². The fourth-order valence-electron chi connectivity index (χ4n) is 5.64. The molecule has 2 aliphatic rings. The number of carbonyl (C=O) groups excluding carboxylic acids is 2. The van der Waals surface area contributed by atoms with Crippen LogP contribution in [0.5, 0.6) is 0 Å². The third-order valence-corrected chi connectivity index (χ3v) is 7.55. The quantitative estimate of drug-likeness (QED) is 0.422. The first-order chi connectivity index (χ1) is 16.8. The average Bonchev–Trinajstić information content (AvgIpc) is 3.34. The topological polar surface area (TPSA) is 103 Å².